The second-order valence-corrected chi connectivity index (χ2v) is 9.39. The van der Waals surface area contributed by atoms with E-state index in [2.05, 4.69) is 23.6 Å². The molecule has 0 aliphatic carbocycles. The van der Waals surface area contributed by atoms with Gasteiger partial charge >= 0.3 is 129 Å². The zero-order valence-corrected chi connectivity index (χ0v) is 14.0. The fourth-order valence-corrected chi connectivity index (χ4v) is 5.93. The van der Waals surface area contributed by atoms with Crippen molar-refractivity contribution < 1.29 is 30.0 Å². The Balaban J connectivity index is 2.27. The monoisotopic (exact) mass is 391 g/mol. The van der Waals surface area contributed by atoms with Crippen LogP contribution in [0.5, 0.6) is 0 Å². The van der Waals surface area contributed by atoms with Gasteiger partial charge in [0.05, 0.1) is 0 Å². The van der Waals surface area contributed by atoms with Crippen LogP contribution in [0.4, 0.5) is 8.78 Å². The van der Waals surface area contributed by atoms with Crippen molar-refractivity contribution in [3.8, 4) is 0 Å². The van der Waals surface area contributed by atoms with Crippen LogP contribution in [0.1, 0.15) is 31.4 Å². The molecule has 0 saturated heterocycles. The summed E-state index contributed by atoms with van der Waals surface area (Å²) >= 11 is -0.205. The molecular weight excluding hydrogens is 373 g/mol. The normalized spacial score (nSPS) is 25.6. The number of alkyl halides is 2. The number of halogens is 3. The van der Waals surface area contributed by atoms with Crippen molar-refractivity contribution in [2.45, 2.75) is 23.7 Å². The van der Waals surface area contributed by atoms with E-state index in [4.69, 9.17) is 0 Å². The molecule has 2 heterocycles. The molecule has 1 aromatic carbocycles. The van der Waals surface area contributed by atoms with E-state index in [1.54, 1.807) is 6.07 Å². The van der Waals surface area contributed by atoms with Crippen LogP contribution in [0.25, 0.3) is 5.70 Å². The maximum absolute atomic E-state index is 14.4. The zero-order valence-electron chi connectivity index (χ0n) is 11.9. The predicted octanol–water partition coefficient (Wildman–Crippen LogP) is 0.153. The van der Waals surface area contributed by atoms with Crippen LogP contribution < -0.4 is 21.2 Å². The minimum absolute atomic E-state index is 0.0685. The van der Waals surface area contributed by atoms with Crippen LogP contribution in [0.3, 0.4) is 0 Å². The van der Waals surface area contributed by atoms with Crippen molar-refractivity contribution >= 4 is 5.70 Å². The third kappa shape index (κ3) is 2.10. The van der Waals surface area contributed by atoms with Crippen molar-refractivity contribution in [3.05, 3.63) is 41.1 Å². The van der Waals surface area contributed by atoms with Crippen molar-refractivity contribution in [1.29, 1.82) is 0 Å². The van der Waals surface area contributed by atoms with Gasteiger partial charge in [0.25, 0.3) is 0 Å². The SMILES string of the molecule is CCC1(C)[I-]CN2CN(C)C=C2c2c(F)cc(F)cc21. The van der Waals surface area contributed by atoms with Gasteiger partial charge in [0.2, 0.25) is 0 Å². The Labute approximate surface area is 128 Å². The van der Waals surface area contributed by atoms with E-state index < -0.39 is 11.6 Å². The molecule has 0 spiro atoms. The average molecular weight is 391 g/mol. The van der Waals surface area contributed by atoms with Crippen molar-refractivity contribution in [1.82, 2.24) is 9.80 Å². The summed E-state index contributed by atoms with van der Waals surface area (Å²) in [6, 6.07) is 2.56. The molecule has 0 radical (unpaired) electrons. The summed E-state index contributed by atoms with van der Waals surface area (Å²) in [5, 5.41) is 0. The second kappa shape index (κ2) is 4.86. The van der Waals surface area contributed by atoms with Crippen molar-refractivity contribution in [2.75, 3.05) is 18.3 Å². The second-order valence-electron chi connectivity index (χ2n) is 5.57. The molecule has 0 fully saturated rings. The van der Waals surface area contributed by atoms with Crippen LogP contribution in [0.2, 0.25) is 0 Å². The topological polar surface area (TPSA) is 6.48 Å². The minimum atomic E-state index is -0.467. The summed E-state index contributed by atoms with van der Waals surface area (Å²) in [5.74, 6) is -0.900. The molecule has 0 bridgehead atoms. The number of rotatable bonds is 1. The van der Waals surface area contributed by atoms with Gasteiger partial charge < -0.3 is 0 Å². The molecule has 0 amide bonds. The maximum atomic E-state index is 14.4. The van der Waals surface area contributed by atoms with E-state index in [1.165, 1.54) is 0 Å². The van der Waals surface area contributed by atoms with Gasteiger partial charge in [-0.05, 0) is 0 Å². The third-order valence-corrected chi connectivity index (χ3v) is 8.30. The van der Waals surface area contributed by atoms with Gasteiger partial charge in [-0.3, -0.25) is 0 Å². The fourth-order valence-electron chi connectivity index (χ4n) is 2.81. The van der Waals surface area contributed by atoms with Gasteiger partial charge in [0, 0.05) is 0 Å². The molecule has 3 rings (SSSR count). The van der Waals surface area contributed by atoms with Crippen LogP contribution in [0.15, 0.2) is 18.3 Å². The van der Waals surface area contributed by atoms with E-state index in [0.29, 0.717) is 5.56 Å². The Bertz CT molecular complexity index is 587. The van der Waals surface area contributed by atoms with Gasteiger partial charge in [-0.25, -0.2) is 0 Å². The van der Waals surface area contributed by atoms with E-state index in [-0.39, 0.29) is 24.6 Å². The number of benzene rings is 1. The number of fused-ring (bicyclic) bond motifs is 3. The number of hydrogen-bond donors (Lipinski definition) is 0. The van der Waals surface area contributed by atoms with Gasteiger partial charge in [-0.15, -0.1) is 0 Å². The Morgan fingerprint density at radius 3 is 2.80 bits per heavy atom. The first kappa shape index (κ1) is 14.1. The summed E-state index contributed by atoms with van der Waals surface area (Å²) in [4.78, 5) is 4.29. The van der Waals surface area contributed by atoms with Crippen LogP contribution >= 0.6 is 0 Å². The molecule has 1 aromatic rings. The quantitative estimate of drug-likeness (QED) is 0.382. The van der Waals surface area contributed by atoms with Crippen LogP contribution in [-0.2, 0) is 3.42 Å². The molecule has 2 aliphatic heterocycles. The summed E-state index contributed by atoms with van der Waals surface area (Å²) < 4.78 is 29.1. The van der Waals surface area contributed by atoms with Crippen molar-refractivity contribution in [2.24, 2.45) is 0 Å². The van der Waals surface area contributed by atoms with E-state index in [9.17, 15) is 8.78 Å². The molecule has 110 valence electrons. The molecular formula is C15H18F2IN2-. The standard InChI is InChI=1S/C15H18F2IN2/c1-4-15(2)11-5-10(16)6-12(17)14(11)13-7-19(3)9-20(13)8-18-15/h5-7H,4,8-9H2,1-3H3/q-1. The van der Waals surface area contributed by atoms with Gasteiger partial charge in [-0.1, -0.05) is 0 Å². The molecule has 20 heavy (non-hydrogen) atoms. The molecule has 5 heteroatoms. The fraction of sp³-hybridized carbons (Fsp3) is 0.467. The van der Waals surface area contributed by atoms with Crippen molar-refractivity contribution in [3.63, 3.8) is 0 Å². The molecule has 0 N–H and O–H groups in total. The van der Waals surface area contributed by atoms with E-state index >= 15 is 0 Å². The number of nitrogens with zero attached hydrogens (tertiary/aromatic N) is 2. The molecule has 0 saturated carbocycles. The first-order valence-electron chi connectivity index (χ1n) is 6.72. The summed E-state index contributed by atoms with van der Waals surface area (Å²) in [6.45, 7) is 5.07. The van der Waals surface area contributed by atoms with Gasteiger partial charge in [0.15, 0.2) is 0 Å². The Morgan fingerprint density at radius 1 is 1.35 bits per heavy atom. The molecule has 1 unspecified atom stereocenters. The molecule has 0 aromatic heterocycles. The number of hydrogen-bond acceptors (Lipinski definition) is 2. The predicted molar refractivity (Wildman–Crippen MR) is 71.3 cm³/mol. The average Bonchev–Trinajstić information content (AvgIpc) is 2.71. The third-order valence-electron chi connectivity index (χ3n) is 4.11. The Hall–Kier alpha value is -0.850. The molecule has 2 nitrogen and oxygen atoms in total. The Morgan fingerprint density at radius 2 is 2.10 bits per heavy atom. The van der Waals surface area contributed by atoms with Gasteiger partial charge in [0.1, 0.15) is 0 Å². The summed E-state index contributed by atoms with van der Waals surface area (Å²) in [7, 11) is 1.99. The summed E-state index contributed by atoms with van der Waals surface area (Å²) in [6.07, 6.45) is 2.90. The first-order valence-corrected chi connectivity index (χ1v) is 9.32. The first-order chi connectivity index (χ1) is 9.44. The van der Waals surface area contributed by atoms with Gasteiger partial charge in [-0.2, -0.15) is 0 Å². The zero-order chi connectivity index (χ0) is 14.5. The van der Waals surface area contributed by atoms with E-state index in [0.717, 1.165) is 35.0 Å². The molecule has 2 aliphatic rings. The molecule has 1 atom stereocenters. The summed E-state index contributed by atoms with van der Waals surface area (Å²) in [5.41, 5.74) is 2.38. The Kier molecular flexibility index (Phi) is 3.43. The van der Waals surface area contributed by atoms with Crippen LogP contribution in [0, 0.1) is 11.6 Å². The van der Waals surface area contributed by atoms with E-state index in [1.807, 2.05) is 13.2 Å². The van der Waals surface area contributed by atoms with Crippen LogP contribution in [-0.4, -0.2) is 28.1 Å².